The van der Waals surface area contributed by atoms with Gasteiger partial charge in [0.15, 0.2) is 0 Å². The first kappa shape index (κ1) is 24.4. The van der Waals surface area contributed by atoms with Gasteiger partial charge in [-0.2, -0.15) is 0 Å². The lowest BCUT2D eigenvalue weighted by atomic mass is 9.86. The molecule has 0 aliphatic carbocycles. The van der Waals surface area contributed by atoms with Gasteiger partial charge in [0, 0.05) is 13.1 Å². The van der Waals surface area contributed by atoms with E-state index < -0.39 is 6.04 Å². The van der Waals surface area contributed by atoms with Gasteiger partial charge in [0.1, 0.15) is 6.04 Å². The first-order chi connectivity index (χ1) is 15.2. The Morgan fingerprint density at radius 1 is 1.28 bits per heavy atom. The Bertz CT molecular complexity index is 963. The molecule has 1 aromatic carbocycles. The molecule has 2 heterocycles. The van der Waals surface area contributed by atoms with E-state index in [0.717, 1.165) is 24.1 Å². The number of hydrogen-bond acceptors (Lipinski definition) is 5. The number of amides is 2. The summed E-state index contributed by atoms with van der Waals surface area (Å²) in [6.45, 7) is 11.4. The Morgan fingerprint density at radius 3 is 2.62 bits per heavy atom. The molecule has 1 fully saturated rings. The topological polar surface area (TPSA) is 74.3 Å². The number of aryl methyl sites for hydroxylation is 2. The van der Waals surface area contributed by atoms with Crippen LogP contribution in [-0.4, -0.2) is 47.4 Å². The van der Waals surface area contributed by atoms with E-state index in [4.69, 9.17) is 0 Å². The standard InChI is InChI=1S/C25H36N4O2S/c1-7-17-13-18(21-16(2)28-15-32-21)10-11-19(17)14-27-23(30)20-9-8-12-29(20)24(31)22(26-6)25(3,4)5/h10-11,13,15,20,22,26H,7-9,12,14H2,1-6H3,(H,27,30). The van der Waals surface area contributed by atoms with Crippen molar-refractivity contribution in [2.45, 2.75) is 72.5 Å². The van der Waals surface area contributed by atoms with Crippen LogP contribution in [-0.2, 0) is 22.6 Å². The summed E-state index contributed by atoms with van der Waals surface area (Å²) in [7, 11) is 1.81. The van der Waals surface area contributed by atoms with Crippen LogP contribution in [0.5, 0.6) is 0 Å². The zero-order chi connectivity index (χ0) is 23.5. The number of likely N-dealkylation sites (tertiary alicyclic amines) is 1. The molecule has 0 bridgehead atoms. The number of hydrogen-bond donors (Lipinski definition) is 2. The lowest BCUT2D eigenvalue weighted by molar-refractivity contribution is -0.142. The Morgan fingerprint density at radius 2 is 2.03 bits per heavy atom. The number of nitrogens with zero attached hydrogens (tertiary/aromatic N) is 2. The summed E-state index contributed by atoms with van der Waals surface area (Å²) in [6, 6.07) is 5.69. The molecule has 1 aliphatic heterocycles. The summed E-state index contributed by atoms with van der Waals surface area (Å²) < 4.78 is 0. The number of thiazole rings is 1. The third-order valence-electron chi connectivity index (χ3n) is 6.29. The highest BCUT2D eigenvalue weighted by Gasteiger charge is 2.40. The van der Waals surface area contributed by atoms with E-state index in [0.29, 0.717) is 19.5 Å². The minimum atomic E-state index is -0.398. The van der Waals surface area contributed by atoms with Gasteiger partial charge in [-0.15, -0.1) is 11.3 Å². The predicted molar refractivity (Wildman–Crippen MR) is 131 cm³/mol. The Hall–Kier alpha value is -2.25. The fourth-order valence-corrected chi connectivity index (χ4v) is 5.35. The number of nitrogens with one attached hydrogen (secondary N) is 2. The Balaban J connectivity index is 1.69. The van der Waals surface area contributed by atoms with Crippen LogP contribution in [0.4, 0.5) is 0 Å². The summed E-state index contributed by atoms with van der Waals surface area (Å²) in [5, 5.41) is 6.24. The summed E-state index contributed by atoms with van der Waals surface area (Å²) in [5.41, 5.74) is 6.20. The summed E-state index contributed by atoms with van der Waals surface area (Å²) >= 11 is 1.65. The van der Waals surface area contributed by atoms with Gasteiger partial charge in [-0.1, -0.05) is 39.8 Å². The van der Waals surface area contributed by atoms with Crippen molar-refractivity contribution in [1.82, 2.24) is 20.5 Å². The van der Waals surface area contributed by atoms with Gasteiger partial charge in [0.25, 0.3) is 0 Å². The number of aromatic nitrogens is 1. The van der Waals surface area contributed by atoms with Crippen molar-refractivity contribution in [3.63, 3.8) is 0 Å². The van der Waals surface area contributed by atoms with Crippen LogP contribution in [0, 0.1) is 12.3 Å². The van der Waals surface area contributed by atoms with E-state index in [1.165, 1.54) is 16.0 Å². The van der Waals surface area contributed by atoms with Gasteiger partial charge in [0.05, 0.1) is 22.1 Å². The van der Waals surface area contributed by atoms with Crippen LogP contribution in [0.25, 0.3) is 10.4 Å². The summed E-state index contributed by atoms with van der Waals surface area (Å²) in [5.74, 6) is -0.0554. The van der Waals surface area contributed by atoms with Crippen molar-refractivity contribution in [3.05, 3.63) is 40.5 Å². The molecular weight excluding hydrogens is 420 g/mol. The van der Waals surface area contributed by atoms with Crippen molar-refractivity contribution in [2.24, 2.45) is 5.41 Å². The smallest absolute Gasteiger partial charge is 0.243 e. The molecule has 2 unspecified atom stereocenters. The number of likely N-dealkylation sites (N-methyl/N-ethyl adjacent to an activating group) is 1. The molecule has 2 N–H and O–H groups in total. The maximum Gasteiger partial charge on any atom is 0.243 e. The lowest BCUT2D eigenvalue weighted by Crippen LogP contribution is -2.55. The van der Waals surface area contributed by atoms with E-state index in [1.54, 1.807) is 16.2 Å². The third kappa shape index (κ3) is 5.21. The number of benzene rings is 1. The molecule has 174 valence electrons. The molecule has 2 atom stereocenters. The van der Waals surface area contributed by atoms with Crippen molar-refractivity contribution >= 4 is 23.2 Å². The van der Waals surface area contributed by atoms with Crippen molar-refractivity contribution in [1.29, 1.82) is 0 Å². The SMILES string of the molecule is CCc1cc(-c2scnc2C)ccc1CNC(=O)C1CCCN1C(=O)C(NC)C(C)(C)C. The third-order valence-corrected chi connectivity index (χ3v) is 7.27. The molecular formula is C25H36N4O2S. The van der Waals surface area contributed by atoms with Gasteiger partial charge in [0.2, 0.25) is 11.8 Å². The van der Waals surface area contributed by atoms with Crippen molar-refractivity contribution in [2.75, 3.05) is 13.6 Å². The van der Waals surface area contributed by atoms with Gasteiger partial charge < -0.3 is 15.5 Å². The zero-order valence-corrected chi connectivity index (χ0v) is 20.9. The van der Waals surface area contributed by atoms with Crippen molar-refractivity contribution < 1.29 is 9.59 Å². The highest BCUT2D eigenvalue weighted by Crippen LogP contribution is 2.29. The Kier molecular flexibility index (Phi) is 7.72. The van der Waals surface area contributed by atoms with Crippen LogP contribution in [0.1, 0.15) is 57.4 Å². The highest BCUT2D eigenvalue weighted by molar-refractivity contribution is 7.13. The largest absolute Gasteiger partial charge is 0.350 e. The number of carbonyl (C=O) groups is 2. The molecule has 6 nitrogen and oxygen atoms in total. The monoisotopic (exact) mass is 456 g/mol. The van der Waals surface area contributed by atoms with Gasteiger partial charge in [-0.25, -0.2) is 4.98 Å². The Labute approximate surface area is 195 Å². The molecule has 2 amide bonds. The van der Waals surface area contributed by atoms with Crippen molar-refractivity contribution in [3.8, 4) is 10.4 Å². The first-order valence-electron chi connectivity index (χ1n) is 11.4. The molecule has 1 aliphatic rings. The molecule has 32 heavy (non-hydrogen) atoms. The van der Waals surface area contributed by atoms with E-state index in [9.17, 15) is 9.59 Å². The van der Waals surface area contributed by atoms with Gasteiger partial charge >= 0.3 is 0 Å². The fourth-order valence-electron chi connectivity index (χ4n) is 4.54. The quantitative estimate of drug-likeness (QED) is 0.662. The summed E-state index contributed by atoms with van der Waals surface area (Å²) in [4.78, 5) is 33.5. The lowest BCUT2D eigenvalue weighted by Gasteiger charge is -2.34. The molecule has 0 radical (unpaired) electrons. The van der Waals surface area contributed by atoms with E-state index >= 15 is 0 Å². The minimum Gasteiger partial charge on any atom is -0.350 e. The predicted octanol–water partition coefficient (Wildman–Crippen LogP) is 3.92. The maximum absolute atomic E-state index is 13.2. The van der Waals surface area contributed by atoms with Crippen LogP contribution >= 0.6 is 11.3 Å². The first-order valence-corrected chi connectivity index (χ1v) is 12.3. The van der Waals surface area contributed by atoms with E-state index in [2.05, 4.69) is 40.7 Å². The van der Waals surface area contributed by atoms with Crippen LogP contribution in [0.2, 0.25) is 0 Å². The van der Waals surface area contributed by atoms with E-state index in [-0.39, 0.29) is 23.3 Å². The zero-order valence-electron chi connectivity index (χ0n) is 20.1. The van der Waals surface area contributed by atoms with Crippen LogP contribution in [0.15, 0.2) is 23.7 Å². The second kappa shape index (κ2) is 10.1. The van der Waals surface area contributed by atoms with E-state index in [1.807, 2.05) is 40.3 Å². The van der Waals surface area contributed by atoms with Crippen LogP contribution in [0.3, 0.4) is 0 Å². The molecule has 3 rings (SSSR count). The summed E-state index contributed by atoms with van der Waals surface area (Å²) in [6.07, 6.45) is 2.45. The van der Waals surface area contributed by atoms with Gasteiger partial charge in [-0.3, -0.25) is 9.59 Å². The fraction of sp³-hybridized carbons (Fsp3) is 0.560. The molecule has 1 aromatic heterocycles. The molecule has 0 spiro atoms. The number of rotatable bonds is 7. The number of carbonyl (C=O) groups excluding carboxylic acids is 2. The molecule has 7 heteroatoms. The molecule has 1 saturated heterocycles. The second-order valence-corrected chi connectivity index (χ2v) is 10.5. The average Bonchev–Trinajstić information content (AvgIpc) is 3.40. The normalized spacial score (nSPS) is 17.4. The molecule has 2 aromatic rings. The highest BCUT2D eigenvalue weighted by atomic mass is 32.1. The minimum absolute atomic E-state index is 0.0103. The van der Waals surface area contributed by atoms with Gasteiger partial charge in [-0.05, 0) is 61.4 Å². The second-order valence-electron chi connectivity index (χ2n) is 9.60. The molecule has 0 saturated carbocycles. The average molecular weight is 457 g/mol. The van der Waals surface area contributed by atoms with Crippen LogP contribution < -0.4 is 10.6 Å². The maximum atomic E-state index is 13.2.